The molecule has 128 valence electrons. The Morgan fingerprint density at radius 2 is 2.17 bits per heavy atom. The van der Waals surface area contributed by atoms with E-state index >= 15 is 0 Å². The molecule has 6 nitrogen and oxygen atoms in total. The van der Waals surface area contributed by atoms with Crippen molar-refractivity contribution in [2.75, 3.05) is 50.0 Å². The number of nitrogens with zero attached hydrogens (tertiary/aromatic N) is 3. The lowest BCUT2D eigenvalue weighted by Gasteiger charge is -2.31. The predicted molar refractivity (Wildman–Crippen MR) is 90.0 cm³/mol. The Balaban J connectivity index is 1.76. The first-order valence-electron chi connectivity index (χ1n) is 8.26. The van der Waals surface area contributed by atoms with Crippen molar-refractivity contribution in [3.8, 4) is 0 Å². The standard InChI is InChI=1S/C16H25N3O3S/c1-2-11-23(20,21)19-9-10-22-14-16(13-19)6-8-18(12-16)15-5-3-4-7-17-15/h3-5,7H,2,6,8-14H2,1H3. The summed E-state index contributed by atoms with van der Waals surface area (Å²) in [6.45, 7) is 5.71. The van der Waals surface area contributed by atoms with Crippen LogP contribution >= 0.6 is 0 Å². The van der Waals surface area contributed by atoms with Crippen LogP contribution < -0.4 is 4.90 Å². The van der Waals surface area contributed by atoms with Crippen molar-refractivity contribution in [3.63, 3.8) is 0 Å². The number of anilines is 1. The van der Waals surface area contributed by atoms with Gasteiger partial charge in [-0.2, -0.15) is 4.31 Å². The van der Waals surface area contributed by atoms with Crippen LogP contribution in [0.4, 0.5) is 5.82 Å². The number of hydrogen-bond donors (Lipinski definition) is 0. The van der Waals surface area contributed by atoms with Gasteiger partial charge in [-0.15, -0.1) is 0 Å². The lowest BCUT2D eigenvalue weighted by atomic mass is 9.88. The zero-order valence-electron chi connectivity index (χ0n) is 13.6. The normalized spacial score (nSPS) is 26.6. The van der Waals surface area contributed by atoms with Crippen LogP contribution in [0.15, 0.2) is 24.4 Å². The van der Waals surface area contributed by atoms with Crippen molar-refractivity contribution in [1.29, 1.82) is 0 Å². The maximum Gasteiger partial charge on any atom is 0.214 e. The molecular formula is C16H25N3O3S. The number of hydrogen-bond acceptors (Lipinski definition) is 5. The van der Waals surface area contributed by atoms with Gasteiger partial charge in [0.2, 0.25) is 10.0 Å². The first-order chi connectivity index (χ1) is 11.0. The molecule has 0 radical (unpaired) electrons. The maximum absolute atomic E-state index is 12.5. The van der Waals surface area contributed by atoms with E-state index in [1.165, 1.54) is 0 Å². The van der Waals surface area contributed by atoms with Gasteiger partial charge < -0.3 is 9.64 Å². The fourth-order valence-corrected chi connectivity index (χ4v) is 5.09. The maximum atomic E-state index is 12.5. The summed E-state index contributed by atoms with van der Waals surface area (Å²) in [6, 6.07) is 5.89. The molecule has 1 aromatic rings. The summed E-state index contributed by atoms with van der Waals surface area (Å²) in [5.41, 5.74) is -0.130. The second-order valence-electron chi connectivity index (χ2n) is 6.56. The summed E-state index contributed by atoms with van der Waals surface area (Å²) in [5.74, 6) is 1.17. The Morgan fingerprint density at radius 3 is 2.91 bits per heavy atom. The lowest BCUT2D eigenvalue weighted by molar-refractivity contribution is 0.0807. The lowest BCUT2D eigenvalue weighted by Crippen LogP contribution is -2.44. The second kappa shape index (κ2) is 6.75. The molecule has 3 heterocycles. The molecular weight excluding hydrogens is 314 g/mol. The van der Waals surface area contributed by atoms with E-state index in [1.807, 2.05) is 25.1 Å². The average Bonchev–Trinajstić information content (AvgIpc) is 2.82. The van der Waals surface area contributed by atoms with Crippen LogP contribution in [0.2, 0.25) is 0 Å². The predicted octanol–water partition coefficient (Wildman–Crippen LogP) is 1.35. The zero-order valence-corrected chi connectivity index (χ0v) is 14.5. The van der Waals surface area contributed by atoms with E-state index in [-0.39, 0.29) is 11.2 Å². The Hall–Kier alpha value is -1.18. The van der Waals surface area contributed by atoms with Crippen LogP contribution in [0, 0.1) is 5.41 Å². The van der Waals surface area contributed by atoms with E-state index in [9.17, 15) is 8.42 Å². The first kappa shape index (κ1) is 16.7. The van der Waals surface area contributed by atoms with Gasteiger partial charge in [0.15, 0.2) is 0 Å². The van der Waals surface area contributed by atoms with Gasteiger partial charge >= 0.3 is 0 Å². The monoisotopic (exact) mass is 339 g/mol. The molecule has 0 bridgehead atoms. The van der Waals surface area contributed by atoms with Crippen molar-refractivity contribution >= 4 is 15.8 Å². The highest BCUT2D eigenvalue weighted by Crippen LogP contribution is 2.36. The van der Waals surface area contributed by atoms with E-state index in [0.29, 0.717) is 32.7 Å². The molecule has 1 spiro atoms. The third kappa shape index (κ3) is 3.67. The van der Waals surface area contributed by atoms with Crippen molar-refractivity contribution in [2.45, 2.75) is 19.8 Å². The quantitative estimate of drug-likeness (QED) is 0.829. The molecule has 7 heteroatoms. The minimum absolute atomic E-state index is 0.130. The van der Waals surface area contributed by atoms with Crippen LogP contribution in [0.1, 0.15) is 19.8 Å². The van der Waals surface area contributed by atoms with Gasteiger partial charge in [-0.25, -0.2) is 13.4 Å². The molecule has 0 amide bonds. The molecule has 23 heavy (non-hydrogen) atoms. The van der Waals surface area contributed by atoms with Gasteiger partial charge in [-0.1, -0.05) is 13.0 Å². The molecule has 3 rings (SSSR count). The smallest absolute Gasteiger partial charge is 0.214 e. The van der Waals surface area contributed by atoms with Crippen LogP contribution in [-0.4, -0.2) is 62.9 Å². The van der Waals surface area contributed by atoms with Crippen LogP contribution in [0.5, 0.6) is 0 Å². The van der Waals surface area contributed by atoms with Crippen LogP contribution in [0.25, 0.3) is 0 Å². The van der Waals surface area contributed by atoms with Gasteiger partial charge in [0.25, 0.3) is 0 Å². The van der Waals surface area contributed by atoms with E-state index in [4.69, 9.17) is 4.74 Å². The van der Waals surface area contributed by atoms with Gasteiger partial charge in [-0.05, 0) is 25.0 Å². The van der Waals surface area contributed by atoms with Gasteiger partial charge in [0.1, 0.15) is 5.82 Å². The van der Waals surface area contributed by atoms with Crippen LogP contribution in [-0.2, 0) is 14.8 Å². The minimum Gasteiger partial charge on any atom is -0.379 e. The van der Waals surface area contributed by atoms with E-state index in [1.54, 1.807) is 10.5 Å². The number of aromatic nitrogens is 1. The van der Waals surface area contributed by atoms with E-state index in [0.717, 1.165) is 25.3 Å². The molecule has 0 N–H and O–H groups in total. The average molecular weight is 339 g/mol. The third-order valence-corrected chi connectivity index (χ3v) is 6.69. The topological polar surface area (TPSA) is 62.7 Å². The Morgan fingerprint density at radius 1 is 1.30 bits per heavy atom. The molecule has 1 aromatic heterocycles. The molecule has 0 saturated carbocycles. The van der Waals surface area contributed by atoms with Crippen molar-refractivity contribution < 1.29 is 13.2 Å². The summed E-state index contributed by atoms with van der Waals surface area (Å²) in [7, 11) is -3.18. The molecule has 2 fully saturated rings. The Labute approximate surface area is 138 Å². The summed E-state index contributed by atoms with van der Waals surface area (Å²) < 4.78 is 32.4. The van der Waals surface area contributed by atoms with Crippen molar-refractivity contribution in [1.82, 2.24) is 9.29 Å². The summed E-state index contributed by atoms with van der Waals surface area (Å²) in [4.78, 5) is 6.65. The summed E-state index contributed by atoms with van der Waals surface area (Å²) in [5, 5.41) is 0. The summed E-state index contributed by atoms with van der Waals surface area (Å²) >= 11 is 0. The van der Waals surface area contributed by atoms with Crippen molar-refractivity contribution in [3.05, 3.63) is 24.4 Å². The number of rotatable bonds is 4. The fraction of sp³-hybridized carbons (Fsp3) is 0.688. The Kier molecular flexibility index (Phi) is 4.89. The molecule has 2 saturated heterocycles. The molecule has 0 aliphatic carbocycles. The molecule has 0 aromatic carbocycles. The number of sulfonamides is 1. The van der Waals surface area contributed by atoms with Gasteiger partial charge in [0.05, 0.1) is 19.0 Å². The fourth-order valence-electron chi connectivity index (χ4n) is 3.50. The zero-order chi connectivity index (χ0) is 16.3. The highest BCUT2D eigenvalue weighted by atomic mass is 32.2. The SMILES string of the molecule is CCCS(=O)(=O)N1CCOCC2(CCN(c3ccccn3)C2)C1. The largest absolute Gasteiger partial charge is 0.379 e. The molecule has 1 unspecified atom stereocenters. The minimum atomic E-state index is -3.18. The number of ether oxygens (including phenoxy) is 1. The Bertz CT molecular complexity index is 623. The number of pyridine rings is 1. The van der Waals surface area contributed by atoms with E-state index < -0.39 is 10.0 Å². The van der Waals surface area contributed by atoms with Crippen LogP contribution in [0.3, 0.4) is 0 Å². The second-order valence-corrected chi connectivity index (χ2v) is 8.65. The van der Waals surface area contributed by atoms with Gasteiger partial charge in [-0.3, -0.25) is 0 Å². The molecule has 2 aliphatic heterocycles. The van der Waals surface area contributed by atoms with Gasteiger partial charge in [0, 0.05) is 37.8 Å². The molecule has 1 atom stereocenters. The highest BCUT2D eigenvalue weighted by Gasteiger charge is 2.43. The highest BCUT2D eigenvalue weighted by molar-refractivity contribution is 7.89. The third-order valence-electron chi connectivity index (χ3n) is 4.67. The van der Waals surface area contributed by atoms with Crippen molar-refractivity contribution in [2.24, 2.45) is 5.41 Å². The molecule has 2 aliphatic rings. The van der Waals surface area contributed by atoms with E-state index in [2.05, 4.69) is 9.88 Å². The first-order valence-corrected chi connectivity index (χ1v) is 9.87. The summed E-state index contributed by atoms with van der Waals surface area (Å²) in [6.07, 6.45) is 3.37.